The third-order valence-corrected chi connectivity index (χ3v) is 4.18. The SMILES string of the molecule is CC=N/C=C(/C)NS(=O)(=O)c1cccc(Nc2ccncn2)c1. The lowest BCUT2D eigenvalue weighted by atomic mass is 10.3. The third kappa shape index (κ3) is 4.89. The Balaban J connectivity index is 2.21. The molecule has 0 fully saturated rings. The van der Waals surface area contributed by atoms with E-state index >= 15 is 0 Å². The lowest BCUT2D eigenvalue weighted by molar-refractivity contribution is 0.588. The summed E-state index contributed by atoms with van der Waals surface area (Å²) in [4.78, 5) is 11.9. The lowest BCUT2D eigenvalue weighted by Crippen LogP contribution is -2.21. The second-order valence-corrected chi connectivity index (χ2v) is 6.25. The zero-order chi connectivity index (χ0) is 16.7. The molecule has 23 heavy (non-hydrogen) atoms. The molecule has 0 saturated heterocycles. The lowest BCUT2D eigenvalue weighted by Gasteiger charge is -2.10. The van der Waals surface area contributed by atoms with Gasteiger partial charge in [0.1, 0.15) is 12.1 Å². The van der Waals surface area contributed by atoms with E-state index in [-0.39, 0.29) is 4.90 Å². The monoisotopic (exact) mass is 331 g/mol. The standard InChI is InChI=1S/C15H17N5O2S/c1-3-16-10-12(2)20-23(21,22)14-6-4-5-13(9-14)19-15-7-8-17-11-18-15/h3-11,20H,1-2H3,(H,17,18,19)/b12-10-,16-3?. The molecule has 0 saturated carbocycles. The maximum absolute atomic E-state index is 12.4. The second-order valence-electron chi connectivity index (χ2n) is 4.57. The molecule has 1 aromatic carbocycles. The van der Waals surface area contributed by atoms with Crippen molar-refractivity contribution < 1.29 is 8.42 Å². The fourth-order valence-corrected chi connectivity index (χ4v) is 2.87. The van der Waals surface area contributed by atoms with Crippen LogP contribution in [0.2, 0.25) is 0 Å². The fourth-order valence-electron chi connectivity index (χ4n) is 1.74. The topological polar surface area (TPSA) is 96.3 Å². The van der Waals surface area contributed by atoms with Crippen LogP contribution in [0.25, 0.3) is 0 Å². The van der Waals surface area contributed by atoms with Crippen molar-refractivity contribution in [3.8, 4) is 0 Å². The maximum Gasteiger partial charge on any atom is 0.261 e. The number of rotatable bonds is 6. The zero-order valence-electron chi connectivity index (χ0n) is 12.8. The van der Waals surface area contributed by atoms with Gasteiger partial charge in [-0.05, 0) is 38.1 Å². The predicted molar refractivity (Wildman–Crippen MR) is 90.0 cm³/mol. The van der Waals surface area contributed by atoms with Crippen LogP contribution in [0.4, 0.5) is 11.5 Å². The first kappa shape index (κ1) is 16.6. The predicted octanol–water partition coefficient (Wildman–Crippen LogP) is 2.45. The van der Waals surface area contributed by atoms with Crippen molar-refractivity contribution in [1.82, 2.24) is 14.7 Å². The first-order valence-corrected chi connectivity index (χ1v) is 8.30. The van der Waals surface area contributed by atoms with Crippen LogP contribution >= 0.6 is 0 Å². The summed E-state index contributed by atoms with van der Waals surface area (Å²) in [5.41, 5.74) is 1.04. The van der Waals surface area contributed by atoms with E-state index in [0.29, 0.717) is 17.2 Å². The molecule has 0 aliphatic rings. The molecule has 0 atom stereocenters. The summed E-state index contributed by atoms with van der Waals surface area (Å²) < 4.78 is 27.2. The molecule has 120 valence electrons. The van der Waals surface area contributed by atoms with Gasteiger partial charge >= 0.3 is 0 Å². The van der Waals surface area contributed by atoms with Crippen LogP contribution in [0.3, 0.4) is 0 Å². The molecule has 7 nitrogen and oxygen atoms in total. The summed E-state index contributed by atoms with van der Waals surface area (Å²) in [6.07, 6.45) is 6.03. The highest BCUT2D eigenvalue weighted by molar-refractivity contribution is 7.89. The molecule has 0 radical (unpaired) electrons. The number of sulfonamides is 1. The Labute approximate surface area is 135 Å². The molecule has 8 heteroatoms. The van der Waals surface area contributed by atoms with Crippen LogP contribution in [-0.4, -0.2) is 24.6 Å². The van der Waals surface area contributed by atoms with Crippen LogP contribution in [-0.2, 0) is 10.0 Å². The van der Waals surface area contributed by atoms with E-state index in [0.717, 1.165) is 0 Å². The van der Waals surface area contributed by atoms with Crippen molar-refractivity contribution in [1.29, 1.82) is 0 Å². The van der Waals surface area contributed by atoms with Gasteiger partial charge in [-0.15, -0.1) is 0 Å². The minimum atomic E-state index is -3.67. The smallest absolute Gasteiger partial charge is 0.261 e. The minimum absolute atomic E-state index is 0.143. The number of hydrogen-bond donors (Lipinski definition) is 2. The van der Waals surface area contributed by atoms with Gasteiger partial charge in [0, 0.05) is 30.0 Å². The van der Waals surface area contributed by atoms with E-state index in [1.54, 1.807) is 44.5 Å². The summed E-state index contributed by atoms with van der Waals surface area (Å²) in [6.45, 7) is 3.38. The van der Waals surface area contributed by atoms with Gasteiger partial charge in [-0.2, -0.15) is 0 Å². The molecule has 2 rings (SSSR count). The average Bonchev–Trinajstić information content (AvgIpc) is 2.54. The molecular weight excluding hydrogens is 314 g/mol. The Morgan fingerprint density at radius 1 is 1.30 bits per heavy atom. The highest BCUT2D eigenvalue weighted by atomic mass is 32.2. The molecule has 0 aliphatic heterocycles. The van der Waals surface area contributed by atoms with E-state index in [1.807, 2.05) is 0 Å². The summed E-state index contributed by atoms with van der Waals surface area (Å²) in [5, 5.41) is 3.02. The number of nitrogens with one attached hydrogen (secondary N) is 2. The Morgan fingerprint density at radius 2 is 2.13 bits per heavy atom. The van der Waals surface area contributed by atoms with Crippen LogP contribution in [0.15, 0.2) is 64.6 Å². The number of anilines is 2. The van der Waals surface area contributed by atoms with Crippen molar-refractivity contribution >= 4 is 27.7 Å². The van der Waals surface area contributed by atoms with Crippen molar-refractivity contribution in [3.63, 3.8) is 0 Å². The third-order valence-electron chi connectivity index (χ3n) is 2.71. The van der Waals surface area contributed by atoms with Crippen molar-refractivity contribution in [2.75, 3.05) is 5.32 Å². The second kappa shape index (κ2) is 7.50. The molecule has 0 bridgehead atoms. The van der Waals surface area contributed by atoms with Gasteiger partial charge in [-0.1, -0.05) is 6.07 Å². The number of nitrogens with zero attached hydrogens (tertiary/aromatic N) is 3. The van der Waals surface area contributed by atoms with Gasteiger partial charge < -0.3 is 5.32 Å². The fraction of sp³-hybridized carbons (Fsp3) is 0.133. The molecule has 1 aromatic heterocycles. The van der Waals surface area contributed by atoms with Gasteiger partial charge in [-0.25, -0.2) is 18.4 Å². The molecule has 0 amide bonds. The van der Waals surface area contributed by atoms with Crippen molar-refractivity contribution in [2.45, 2.75) is 18.7 Å². The Kier molecular flexibility index (Phi) is 5.42. The van der Waals surface area contributed by atoms with Crippen molar-refractivity contribution in [3.05, 3.63) is 54.8 Å². The van der Waals surface area contributed by atoms with Gasteiger partial charge in [-0.3, -0.25) is 9.71 Å². The quantitative estimate of drug-likeness (QED) is 0.793. The minimum Gasteiger partial charge on any atom is -0.340 e. The van der Waals surface area contributed by atoms with Crippen molar-refractivity contribution in [2.24, 2.45) is 4.99 Å². The van der Waals surface area contributed by atoms with Crippen LogP contribution in [0.5, 0.6) is 0 Å². The molecule has 2 aromatic rings. The first-order chi connectivity index (χ1) is 11.0. The summed E-state index contributed by atoms with van der Waals surface area (Å²) in [7, 11) is -3.67. The van der Waals surface area contributed by atoms with E-state index < -0.39 is 10.0 Å². The molecule has 0 aliphatic carbocycles. The Hall–Kier alpha value is -2.74. The molecule has 2 N–H and O–H groups in total. The van der Waals surface area contributed by atoms with Gasteiger partial charge in [0.15, 0.2) is 0 Å². The van der Waals surface area contributed by atoms with Crippen LogP contribution in [0.1, 0.15) is 13.8 Å². The number of benzene rings is 1. The first-order valence-electron chi connectivity index (χ1n) is 6.82. The highest BCUT2D eigenvalue weighted by Gasteiger charge is 2.14. The average molecular weight is 331 g/mol. The number of aromatic nitrogens is 2. The van der Waals surface area contributed by atoms with E-state index in [2.05, 4.69) is 25.0 Å². The molecular formula is C15H17N5O2S. The Morgan fingerprint density at radius 3 is 2.83 bits per heavy atom. The Bertz CT molecular complexity index is 817. The summed E-state index contributed by atoms with van der Waals surface area (Å²) >= 11 is 0. The van der Waals surface area contributed by atoms with Gasteiger partial charge in [0.2, 0.25) is 0 Å². The van der Waals surface area contributed by atoms with Gasteiger partial charge in [0.05, 0.1) is 4.90 Å². The van der Waals surface area contributed by atoms with E-state index in [1.165, 1.54) is 24.7 Å². The maximum atomic E-state index is 12.4. The highest BCUT2D eigenvalue weighted by Crippen LogP contribution is 2.19. The normalized spacial score (nSPS) is 12.3. The van der Waals surface area contributed by atoms with Crippen LogP contribution < -0.4 is 10.0 Å². The van der Waals surface area contributed by atoms with Crippen LogP contribution in [0, 0.1) is 0 Å². The largest absolute Gasteiger partial charge is 0.340 e. The van der Waals surface area contributed by atoms with E-state index in [4.69, 9.17) is 0 Å². The zero-order valence-corrected chi connectivity index (χ0v) is 13.6. The summed E-state index contributed by atoms with van der Waals surface area (Å²) in [5.74, 6) is 0.580. The molecule has 1 heterocycles. The molecule has 0 unspecified atom stereocenters. The summed E-state index contributed by atoms with van der Waals surface area (Å²) in [6, 6.07) is 8.15. The number of aliphatic imine (C=N–C) groups is 1. The number of allylic oxidation sites excluding steroid dienone is 1. The van der Waals surface area contributed by atoms with E-state index in [9.17, 15) is 8.42 Å². The number of hydrogen-bond acceptors (Lipinski definition) is 6. The molecule has 0 spiro atoms. The van der Waals surface area contributed by atoms with Gasteiger partial charge in [0.25, 0.3) is 10.0 Å².